The van der Waals surface area contributed by atoms with E-state index in [2.05, 4.69) is 31.0 Å². The molecule has 0 radical (unpaired) electrons. The van der Waals surface area contributed by atoms with Gasteiger partial charge in [0.25, 0.3) is 0 Å². The molecule has 1 aromatic heterocycles. The van der Waals surface area contributed by atoms with Crippen molar-refractivity contribution in [3.8, 4) is 0 Å². The Kier molecular flexibility index (Phi) is 10.4. The Balaban J connectivity index is 1.54. The normalized spacial score (nSPS) is 18.0. The van der Waals surface area contributed by atoms with Crippen LogP contribution in [0.15, 0.2) is 45.7 Å². The smallest absolute Gasteiger partial charge is 0.336 e. The molecule has 2 aromatic rings. The summed E-state index contributed by atoms with van der Waals surface area (Å²) >= 11 is 14.2. The SMILES string of the molecule is CCOC(=O)C1=C(COCc2nnn(CCN=C3NC(=O)CS3)n2)NC(C)=C(C(=O)OC)C1c1cccc(Cl)c1Cl. The minimum atomic E-state index is -0.934. The minimum Gasteiger partial charge on any atom is -0.466 e. The lowest BCUT2D eigenvalue weighted by atomic mass is 9.80. The van der Waals surface area contributed by atoms with Gasteiger partial charge in [0.1, 0.15) is 6.61 Å². The molecule has 1 fully saturated rings. The van der Waals surface area contributed by atoms with E-state index < -0.39 is 17.9 Å². The lowest BCUT2D eigenvalue weighted by molar-refractivity contribution is -0.139. The van der Waals surface area contributed by atoms with Crippen LogP contribution in [0.3, 0.4) is 0 Å². The third-order valence-electron chi connectivity index (χ3n) is 5.95. The fraction of sp³-hybridized carbons (Fsp3) is 0.400. The standard InChI is InChI=1S/C25H27Cl2N7O6S/c1-4-40-24(37)21-16(10-39-11-17-31-33-34(32-17)9-8-28-25-30-18(35)12-41-25)29-13(2)19(23(36)38-3)20(21)14-6-5-7-15(26)22(14)27/h5-7,20,29H,4,8-12H2,1-3H3,(H,28,30,35). The fourth-order valence-corrected chi connectivity index (χ4v) is 5.35. The first kappa shape index (κ1) is 30.5. The first-order chi connectivity index (χ1) is 19.7. The molecule has 1 unspecified atom stereocenters. The van der Waals surface area contributed by atoms with Gasteiger partial charge < -0.3 is 24.8 Å². The summed E-state index contributed by atoms with van der Waals surface area (Å²) in [6.07, 6.45) is 0. The second-order valence-corrected chi connectivity index (χ2v) is 10.4. The zero-order chi connectivity index (χ0) is 29.5. The van der Waals surface area contributed by atoms with Gasteiger partial charge in [0.2, 0.25) is 5.91 Å². The molecule has 0 spiro atoms. The van der Waals surface area contributed by atoms with Crippen molar-refractivity contribution in [3.05, 3.63) is 62.2 Å². The maximum Gasteiger partial charge on any atom is 0.336 e. The molecular weight excluding hydrogens is 597 g/mol. The molecule has 3 heterocycles. The van der Waals surface area contributed by atoms with Crippen molar-refractivity contribution in [1.29, 1.82) is 0 Å². The molecule has 2 aliphatic heterocycles. The molecule has 16 heteroatoms. The Bertz CT molecular complexity index is 1440. The van der Waals surface area contributed by atoms with Crippen LogP contribution < -0.4 is 10.6 Å². The Morgan fingerprint density at radius 3 is 2.71 bits per heavy atom. The van der Waals surface area contributed by atoms with Gasteiger partial charge in [0, 0.05) is 5.70 Å². The molecule has 0 bridgehead atoms. The van der Waals surface area contributed by atoms with Crippen LogP contribution in [0.5, 0.6) is 0 Å². The number of carbonyl (C=O) groups excluding carboxylic acids is 3. The van der Waals surface area contributed by atoms with Crippen molar-refractivity contribution in [2.45, 2.75) is 32.9 Å². The molecule has 2 N–H and O–H groups in total. The number of hydrogen-bond acceptors (Lipinski definition) is 12. The van der Waals surface area contributed by atoms with E-state index in [1.54, 1.807) is 32.0 Å². The Morgan fingerprint density at radius 2 is 2.00 bits per heavy atom. The summed E-state index contributed by atoms with van der Waals surface area (Å²) in [6.45, 7) is 4.09. The zero-order valence-corrected chi connectivity index (χ0v) is 24.7. The number of ether oxygens (including phenoxy) is 3. The number of aromatic nitrogens is 4. The molecule has 1 atom stereocenters. The van der Waals surface area contributed by atoms with Gasteiger partial charge in [-0.1, -0.05) is 47.1 Å². The van der Waals surface area contributed by atoms with Gasteiger partial charge in [-0.05, 0) is 30.7 Å². The van der Waals surface area contributed by atoms with Crippen molar-refractivity contribution >= 4 is 58.0 Å². The van der Waals surface area contributed by atoms with E-state index in [0.717, 1.165) is 0 Å². The molecule has 218 valence electrons. The molecular formula is C25H27Cl2N7O6S. The molecule has 4 rings (SSSR count). The molecule has 1 aromatic carbocycles. The van der Waals surface area contributed by atoms with Gasteiger partial charge in [-0.3, -0.25) is 9.79 Å². The lowest BCUT2D eigenvalue weighted by Gasteiger charge is -2.31. The number of carbonyl (C=O) groups is 3. The average molecular weight is 625 g/mol. The molecule has 1 saturated heterocycles. The van der Waals surface area contributed by atoms with Crippen molar-refractivity contribution in [2.24, 2.45) is 4.99 Å². The molecule has 0 aliphatic carbocycles. The number of benzene rings is 1. The maximum atomic E-state index is 13.3. The number of methoxy groups -OCH3 is 1. The fourth-order valence-electron chi connectivity index (χ4n) is 4.22. The number of allylic oxidation sites excluding steroid dienone is 1. The van der Waals surface area contributed by atoms with E-state index >= 15 is 0 Å². The Morgan fingerprint density at radius 1 is 1.20 bits per heavy atom. The number of hydrogen-bond donors (Lipinski definition) is 2. The number of nitrogens with one attached hydrogen (secondary N) is 2. The molecule has 0 saturated carbocycles. The van der Waals surface area contributed by atoms with Gasteiger partial charge in [-0.2, -0.15) is 4.80 Å². The van der Waals surface area contributed by atoms with Crippen molar-refractivity contribution in [2.75, 3.05) is 32.6 Å². The summed E-state index contributed by atoms with van der Waals surface area (Å²) in [5.41, 5.74) is 1.58. The first-order valence-electron chi connectivity index (χ1n) is 12.4. The van der Waals surface area contributed by atoms with E-state index in [1.807, 2.05) is 0 Å². The van der Waals surface area contributed by atoms with E-state index in [-0.39, 0.29) is 46.9 Å². The number of tetrazole rings is 1. The number of esters is 2. The lowest BCUT2D eigenvalue weighted by Crippen LogP contribution is -2.34. The van der Waals surface area contributed by atoms with Gasteiger partial charge in [0.15, 0.2) is 11.0 Å². The number of halogens is 2. The Hall–Kier alpha value is -3.46. The van der Waals surface area contributed by atoms with E-state index in [0.29, 0.717) is 46.8 Å². The van der Waals surface area contributed by atoms with Crippen LogP contribution in [0.25, 0.3) is 0 Å². The van der Waals surface area contributed by atoms with Crippen molar-refractivity contribution in [3.63, 3.8) is 0 Å². The second kappa shape index (κ2) is 13.9. The quantitative estimate of drug-likeness (QED) is 0.354. The number of amides is 1. The number of dihydropyridines is 1. The number of nitrogens with zero attached hydrogens (tertiary/aromatic N) is 5. The summed E-state index contributed by atoms with van der Waals surface area (Å²) < 4.78 is 16.3. The van der Waals surface area contributed by atoms with Crippen LogP contribution >= 0.6 is 35.0 Å². The number of amidine groups is 1. The largest absolute Gasteiger partial charge is 0.466 e. The predicted octanol–water partition coefficient (Wildman–Crippen LogP) is 2.37. The van der Waals surface area contributed by atoms with Crippen LogP contribution in [-0.2, 0) is 41.7 Å². The topological polar surface area (TPSA) is 159 Å². The van der Waals surface area contributed by atoms with Gasteiger partial charge in [-0.15, -0.1) is 10.2 Å². The highest BCUT2D eigenvalue weighted by atomic mass is 35.5. The van der Waals surface area contributed by atoms with E-state index in [9.17, 15) is 14.4 Å². The van der Waals surface area contributed by atoms with Crippen molar-refractivity contribution in [1.82, 2.24) is 30.8 Å². The summed E-state index contributed by atoms with van der Waals surface area (Å²) in [6, 6.07) is 4.97. The first-order valence-corrected chi connectivity index (χ1v) is 14.2. The maximum absolute atomic E-state index is 13.3. The molecule has 2 aliphatic rings. The average Bonchev–Trinajstić information content (AvgIpc) is 3.58. The summed E-state index contributed by atoms with van der Waals surface area (Å²) in [7, 11) is 1.25. The zero-order valence-electron chi connectivity index (χ0n) is 22.4. The van der Waals surface area contributed by atoms with E-state index in [4.69, 9.17) is 37.4 Å². The highest BCUT2D eigenvalue weighted by molar-refractivity contribution is 8.15. The number of thioether (sulfide) groups is 1. The molecule has 13 nitrogen and oxygen atoms in total. The highest BCUT2D eigenvalue weighted by Gasteiger charge is 2.40. The Labute approximate surface area is 249 Å². The van der Waals surface area contributed by atoms with Gasteiger partial charge in [0.05, 0.1) is 72.0 Å². The monoisotopic (exact) mass is 623 g/mol. The predicted molar refractivity (Wildman–Crippen MR) is 151 cm³/mol. The van der Waals surface area contributed by atoms with Crippen LogP contribution in [-0.4, -0.2) is 75.8 Å². The highest BCUT2D eigenvalue weighted by Crippen LogP contribution is 2.43. The number of rotatable bonds is 11. The van der Waals surface area contributed by atoms with Gasteiger partial charge in [-0.25, -0.2) is 9.59 Å². The van der Waals surface area contributed by atoms with Crippen LogP contribution in [0, 0.1) is 0 Å². The number of aliphatic imine (C=N–C) groups is 1. The van der Waals surface area contributed by atoms with Gasteiger partial charge >= 0.3 is 11.9 Å². The van der Waals surface area contributed by atoms with Crippen LogP contribution in [0.4, 0.5) is 0 Å². The van der Waals surface area contributed by atoms with Crippen molar-refractivity contribution < 1.29 is 28.6 Å². The molecule has 41 heavy (non-hydrogen) atoms. The third-order valence-corrected chi connectivity index (χ3v) is 7.70. The summed E-state index contributed by atoms with van der Waals surface area (Å²) in [5, 5.41) is 19.0. The van der Waals surface area contributed by atoms with E-state index in [1.165, 1.54) is 23.7 Å². The molecule has 1 amide bonds. The summed E-state index contributed by atoms with van der Waals surface area (Å²) in [5.74, 6) is -1.64. The van der Waals surface area contributed by atoms with Crippen LogP contribution in [0.1, 0.15) is 31.2 Å². The van der Waals surface area contributed by atoms with Crippen LogP contribution in [0.2, 0.25) is 10.0 Å². The minimum absolute atomic E-state index is 0.0169. The summed E-state index contributed by atoms with van der Waals surface area (Å²) in [4.78, 5) is 43.1. The third kappa shape index (κ3) is 7.25. The second-order valence-electron chi connectivity index (χ2n) is 8.66.